The van der Waals surface area contributed by atoms with Crippen molar-refractivity contribution in [2.24, 2.45) is 0 Å². The number of aryl methyl sites for hydroxylation is 1. The average molecular weight is 445 g/mol. The zero-order valence-corrected chi connectivity index (χ0v) is 18.1. The molecule has 2 N–H and O–H groups in total. The summed E-state index contributed by atoms with van der Waals surface area (Å²) >= 11 is 0. The molecular weight excluding hydrogens is 418 g/mol. The molecule has 0 spiro atoms. The van der Waals surface area contributed by atoms with Gasteiger partial charge in [0.25, 0.3) is 5.91 Å². The van der Waals surface area contributed by atoms with E-state index in [1.807, 2.05) is 6.92 Å². The van der Waals surface area contributed by atoms with Crippen molar-refractivity contribution in [1.82, 2.24) is 5.16 Å². The van der Waals surface area contributed by atoms with Crippen LogP contribution < -0.4 is 10.6 Å². The number of benzene rings is 1. The number of amides is 2. The van der Waals surface area contributed by atoms with Crippen molar-refractivity contribution >= 4 is 35.3 Å². The summed E-state index contributed by atoms with van der Waals surface area (Å²) in [5.41, 5.74) is 0.937. The molecule has 0 fully saturated rings. The van der Waals surface area contributed by atoms with Gasteiger partial charge in [0.15, 0.2) is 12.4 Å². The third-order valence-corrected chi connectivity index (χ3v) is 4.18. The number of aromatic nitrogens is 1. The number of nitrogens with zero attached hydrogens (tertiary/aromatic N) is 1. The van der Waals surface area contributed by atoms with E-state index in [9.17, 15) is 19.2 Å². The Labute approximate surface area is 185 Å². The van der Waals surface area contributed by atoms with Crippen LogP contribution in [-0.4, -0.2) is 42.1 Å². The molecule has 0 radical (unpaired) electrons. The van der Waals surface area contributed by atoms with E-state index in [4.69, 9.17) is 14.0 Å². The van der Waals surface area contributed by atoms with Gasteiger partial charge in [0.05, 0.1) is 12.2 Å². The van der Waals surface area contributed by atoms with E-state index in [1.165, 1.54) is 6.07 Å². The third-order valence-electron chi connectivity index (χ3n) is 4.18. The van der Waals surface area contributed by atoms with Gasteiger partial charge in [-0.15, -0.1) is 0 Å². The topological polar surface area (TPSA) is 137 Å². The molecule has 2 aromatic rings. The highest BCUT2D eigenvalue weighted by Crippen LogP contribution is 2.12. The molecule has 2 rings (SSSR count). The summed E-state index contributed by atoms with van der Waals surface area (Å²) in [5, 5.41) is 8.72. The molecule has 10 heteroatoms. The number of carbonyl (C=O) groups excluding carboxylic acids is 4. The lowest BCUT2D eigenvalue weighted by Gasteiger charge is -2.07. The zero-order valence-electron chi connectivity index (χ0n) is 18.1. The van der Waals surface area contributed by atoms with Crippen molar-refractivity contribution < 1.29 is 33.2 Å². The first kappa shape index (κ1) is 24.6. The molecule has 10 nitrogen and oxygen atoms in total. The Morgan fingerprint density at radius 2 is 1.72 bits per heavy atom. The molecule has 0 bridgehead atoms. The Kier molecular flexibility index (Phi) is 9.89. The molecule has 1 heterocycles. The molecule has 0 unspecified atom stereocenters. The highest BCUT2D eigenvalue weighted by atomic mass is 16.5. The SMILES string of the molecule is CCCCOC(=O)c1ccc(NC(=O)CCCC(=O)OCC(=O)Nc2cc(C)on2)cc1. The van der Waals surface area contributed by atoms with Crippen LogP contribution in [0.1, 0.15) is 55.1 Å². The van der Waals surface area contributed by atoms with Gasteiger partial charge in [-0.05, 0) is 44.0 Å². The molecule has 0 saturated carbocycles. The summed E-state index contributed by atoms with van der Waals surface area (Å²) in [6.07, 6.45) is 2.10. The lowest BCUT2D eigenvalue weighted by atomic mass is 10.2. The number of hydrogen-bond donors (Lipinski definition) is 2. The van der Waals surface area contributed by atoms with E-state index in [1.54, 1.807) is 31.2 Å². The average Bonchev–Trinajstić information content (AvgIpc) is 3.17. The number of anilines is 2. The third kappa shape index (κ3) is 8.99. The number of hydrogen-bond acceptors (Lipinski definition) is 8. The summed E-state index contributed by atoms with van der Waals surface area (Å²) < 4.78 is 14.8. The maximum Gasteiger partial charge on any atom is 0.338 e. The van der Waals surface area contributed by atoms with E-state index < -0.39 is 24.5 Å². The van der Waals surface area contributed by atoms with Gasteiger partial charge in [0.1, 0.15) is 5.76 Å². The quantitative estimate of drug-likeness (QED) is 0.375. The van der Waals surface area contributed by atoms with Gasteiger partial charge in [-0.3, -0.25) is 14.4 Å². The number of esters is 2. The lowest BCUT2D eigenvalue weighted by Crippen LogP contribution is -2.21. The van der Waals surface area contributed by atoms with E-state index >= 15 is 0 Å². The van der Waals surface area contributed by atoms with E-state index in [0.29, 0.717) is 23.6 Å². The van der Waals surface area contributed by atoms with Crippen LogP contribution in [-0.2, 0) is 23.9 Å². The molecule has 2 amide bonds. The highest BCUT2D eigenvalue weighted by Gasteiger charge is 2.12. The first-order valence-electron chi connectivity index (χ1n) is 10.3. The maximum absolute atomic E-state index is 12.0. The molecule has 1 aromatic carbocycles. The van der Waals surface area contributed by atoms with E-state index in [-0.39, 0.29) is 31.0 Å². The minimum atomic E-state index is -0.588. The van der Waals surface area contributed by atoms with Crippen LogP contribution in [0.4, 0.5) is 11.5 Å². The molecule has 0 saturated heterocycles. The lowest BCUT2D eigenvalue weighted by molar-refractivity contribution is -0.147. The molecule has 0 aliphatic carbocycles. The number of ether oxygens (including phenoxy) is 2. The maximum atomic E-state index is 12.0. The van der Waals surface area contributed by atoms with Crippen molar-refractivity contribution in [3.63, 3.8) is 0 Å². The molecule has 0 aliphatic heterocycles. The van der Waals surface area contributed by atoms with Crippen LogP contribution in [0.3, 0.4) is 0 Å². The molecule has 172 valence electrons. The monoisotopic (exact) mass is 445 g/mol. The first-order valence-corrected chi connectivity index (χ1v) is 10.3. The summed E-state index contributed by atoms with van der Waals surface area (Å²) in [4.78, 5) is 47.3. The smallest absolute Gasteiger partial charge is 0.338 e. The van der Waals surface area contributed by atoms with Gasteiger partial charge in [0, 0.05) is 24.6 Å². The summed E-state index contributed by atoms with van der Waals surface area (Å²) in [6.45, 7) is 3.61. The predicted octanol–water partition coefficient (Wildman–Crippen LogP) is 3.23. The van der Waals surface area contributed by atoms with Crippen LogP contribution in [0.2, 0.25) is 0 Å². The minimum absolute atomic E-state index is 0.00763. The van der Waals surface area contributed by atoms with Crippen LogP contribution in [0.15, 0.2) is 34.9 Å². The number of nitrogens with one attached hydrogen (secondary N) is 2. The largest absolute Gasteiger partial charge is 0.462 e. The Morgan fingerprint density at radius 1 is 0.969 bits per heavy atom. The highest BCUT2D eigenvalue weighted by molar-refractivity contribution is 5.93. The van der Waals surface area contributed by atoms with Gasteiger partial charge >= 0.3 is 11.9 Å². The standard InChI is InChI=1S/C22H27N3O7/c1-3-4-12-30-22(29)16-8-10-17(11-9-16)23-19(26)6-5-7-21(28)31-14-20(27)24-18-13-15(2)32-25-18/h8-11,13H,3-7,12,14H2,1-2H3,(H,23,26)(H,24,25,27). The van der Waals surface area contributed by atoms with Crippen molar-refractivity contribution in [2.45, 2.75) is 46.0 Å². The van der Waals surface area contributed by atoms with Gasteiger partial charge in [-0.25, -0.2) is 4.79 Å². The fourth-order valence-corrected chi connectivity index (χ4v) is 2.52. The van der Waals surface area contributed by atoms with Gasteiger partial charge < -0.3 is 24.6 Å². The van der Waals surface area contributed by atoms with Crippen LogP contribution in [0.25, 0.3) is 0 Å². The second-order valence-corrected chi connectivity index (χ2v) is 7.00. The van der Waals surface area contributed by atoms with Crippen LogP contribution >= 0.6 is 0 Å². The Bertz CT molecular complexity index is 922. The summed E-state index contributed by atoms with van der Waals surface area (Å²) in [5.74, 6) is -1.04. The minimum Gasteiger partial charge on any atom is -0.462 e. The second-order valence-electron chi connectivity index (χ2n) is 7.00. The number of unbranched alkanes of at least 4 members (excludes halogenated alkanes) is 1. The van der Waals surface area contributed by atoms with Gasteiger partial charge in [0.2, 0.25) is 5.91 Å². The Hall–Kier alpha value is -3.69. The Balaban J connectivity index is 1.62. The molecule has 32 heavy (non-hydrogen) atoms. The second kappa shape index (κ2) is 12.9. The van der Waals surface area contributed by atoms with Gasteiger partial charge in [-0.1, -0.05) is 18.5 Å². The molecule has 0 aliphatic rings. The van der Waals surface area contributed by atoms with E-state index in [2.05, 4.69) is 15.8 Å². The van der Waals surface area contributed by atoms with Crippen LogP contribution in [0, 0.1) is 6.92 Å². The van der Waals surface area contributed by atoms with Crippen molar-refractivity contribution in [1.29, 1.82) is 0 Å². The van der Waals surface area contributed by atoms with Crippen molar-refractivity contribution in [3.8, 4) is 0 Å². The van der Waals surface area contributed by atoms with Crippen molar-refractivity contribution in [2.75, 3.05) is 23.8 Å². The summed E-state index contributed by atoms with van der Waals surface area (Å²) in [6, 6.07) is 7.90. The Morgan fingerprint density at radius 3 is 2.38 bits per heavy atom. The normalized spacial score (nSPS) is 10.3. The molecular formula is C22H27N3O7. The number of carbonyl (C=O) groups is 4. The summed E-state index contributed by atoms with van der Waals surface area (Å²) in [7, 11) is 0. The fraction of sp³-hybridized carbons (Fsp3) is 0.409. The van der Waals surface area contributed by atoms with E-state index in [0.717, 1.165) is 12.8 Å². The molecule has 1 aromatic heterocycles. The zero-order chi connectivity index (χ0) is 23.3. The van der Waals surface area contributed by atoms with Crippen molar-refractivity contribution in [3.05, 3.63) is 41.7 Å². The van der Waals surface area contributed by atoms with Gasteiger partial charge in [-0.2, -0.15) is 0 Å². The molecule has 0 atom stereocenters. The first-order chi connectivity index (χ1) is 15.4. The van der Waals surface area contributed by atoms with Crippen LogP contribution in [0.5, 0.6) is 0 Å². The predicted molar refractivity (Wildman–Crippen MR) is 115 cm³/mol. The number of rotatable bonds is 12. The fourth-order valence-electron chi connectivity index (χ4n) is 2.52.